The van der Waals surface area contributed by atoms with Crippen LogP contribution in [-0.4, -0.2) is 25.6 Å². The number of hydrogen-bond donors (Lipinski definition) is 2. The average molecular weight is 405 g/mol. The minimum Gasteiger partial charge on any atom is -0.356 e. The molecule has 3 nitrogen and oxygen atoms in total. The molecular weight excluding hydrogens is 380 g/mol. The maximum Gasteiger partial charge on any atom is 0.191 e. The predicted octanol–water partition coefficient (Wildman–Crippen LogP) is 3.48. The molecule has 0 aliphatic heterocycles. The second-order valence-electron chi connectivity index (χ2n) is 5.32. The summed E-state index contributed by atoms with van der Waals surface area (Å²) in [4.78, 5) is 4.24. The summed E-state index contributed by atoms with van der Waals surface area (Å²) in [5.74, 6) is 0.692. The molecule has 1 aromatic rings. The van der Waals surface area contributed by atoms with Gasteiger partial charge >= 0.3 is 0 Å². The third-order valence-corrected chi connectivity index (χ3v) is 3.81. The summed E-state index contributed by atoms with van der Waals surface area (Å²) in [6.45, 7) is 0.688. The van der Waals surface area contributed by atoms with Crippen LogP contribution < -0.4 is 10.6 Å². The van der Waals surface area contributed by atoms with Crippen molar-refractivity contribution >= 4 is 29.9 Å². The first kappa shape index (κ1) is 18.2. The van der Waals surface area contributed by atoms with Crippen LogP contribution in [-0.2, 0) is 6.42 Å². The highest BCUT2D eigenvalue weighted by Gasteiger charge is 2.14. The molecule has 5 heteroatoms. The fourth-order valence-electron chi connectivity index (χ4n) is 2.65. The minimum absolute atomic E-state index is 0. The van der Waals surface area contributed by atoms with Crippen LogP contribution in [0.4, 0.5) is 4.39 Å². The molecule has 0 radical (unpaired) electrons. The fraction of sp³-hybridized carbons (Fsp3) is 0.562. The Bertz CT molecular complexity index is 445. The molecular formula is C16H25FIN3. The van der Waals surface area contributed by atoms with Crippen molar-refractivity contribution in [1.29, 1.82) is 0 Å². The van der Waals surface area contributed by atoms with Gasteiger partial charge in [0.2, 0.25) is 0 Å². The Labute approximate surface area is 143 Å². The van der Waals surface area contributed by atoms with Crippen LogP contribution in [0.25, 0.3) is 0 Å². The van der Waals surface area contributed by atoms with Crippen molar-refractivity contribution in [3.8, 4) is 0 Å². The Balaban J connectivity index is 0.00000220. The molecule has 0 unspecified atom stereocenters. The summed E-state index contributed by atoms with van der Waals surface area (Å²) in [6.07, 6.45) is 7.03. The van der Waals surface area contributed by atoms with Gasteiger partial charge in [0.15, 0.2) is 5.96 Å². The Morgan fingerprint density at radius 2 is 1.95 bits per heavy atom. The van der Waals surface area contributed by atoms with Crippen LogP contribution >= 0.6 is 24.0 Å². The van der Waals surface area contributed by atoms with Gasteiger partial charge in [0.05, 0.1) is 0 Å². The molecule has 21 heavy (non-hydrogen) atoms. The molecule has 0 spiro atoms. The lowest BCUT2D eigenvalue weighted by molar-refractivity contribution is 0.410. The van der Waals surface area contributed by atoms with Gasteiger partial charge in [-0.05, 0) is 30.9 Å². The van der Waals surface area contributed by atoms with Crippen molar-refractivity contribution in [3.63, 3.8) is 0 Å². The summed E-state index contributed by atoms with van der Waals surface area (Å²) < 4.78 is 13.5. The Hall–Kier alpha value is -0.850. The van der Waals surface area contributed by atoms with Gasteiger partial charge in [-0.15, -0.1) is 24.0 Å². The summed E-state index contributed by atoms with van der Waals surface area (Å²) >= 11 is 0. The molecule has 1 fully saturated rings. The Kier molecular flexibility index (Phi) is 8.64. The van der Waals surface area contributed by atoms with Crippen molar-refractivity contribution in [2.75, 3.05) is 13.6 Å². The second kappa shape index (κ2) is 9.97. The number of aliphatic imine (C=N–C) groups is 1. The summed E-state index contributed by atoms with van der Waals surface area (Å²) in [6, 6.07) is 7.45. The van der Waals surface area contributed by atoms with Crippen molar-refractivity contribution < 1.29 is 4.39 Å². The highest BCUT2D eigenvalue weighted by molar-refractivity contribution is 14.0. The van der Waals surface area contributed by atoms with E-state index in [0.717, 1.165) is 11.5 Å². The number of benzene rings is 1. The van der Waals surface area contributed by atoms with Gasteiger partial charge in [-0.3, -0.25) is 4.99 Å². The molecule has 2 N–H and O–H groups in total. The van der Waals surface area contributed by atoms with Crippen molar-refractivity contribution in [2.45, 2.75) is 44.6 Å². The van der Waals surface area contributed by atoms with Gasteiger partial charge in [-0.2, -0.15) is 0 Å². The number of guanidine groups is 1. The number of nitrogens with zero attached hydrogens (tertiary/aromatic N) is 1. The topological polar surface area (TPSA) is 36.4 Å². The van der Waals surface area contributed by atoms with E-state index in [1.165, 1.54) is 38.2 Å². The molecule has 1 aliphatic carbocycles. The van der Waals surface area contributed by atoms with E-state index in [9.17, 15) is 4.39 Å². The SMILES string of the molecule is CN=C(NCCc1ccccc1F)NC1CCCCC1.I. The van der Waals surface area contributed by atoms with E-state index in [4.69, 9.17) is 0 Å². The molecule has 0 amide bonds. The first-order valence-electron chi connectivity index (χ1n) is 7.50. The van der Waals surface area contributed by atoms with Gasteiger partial charge in [0.25, 0.3) is 0 Å². The zero-order valence-corrected chi connectivity index (χ0v) is 14.9. The van der Waals surface area contributed by atoms with Gasteiger partial charge in [-0.25, -0.2) is 4.39 Å². The maximum atomic E-state index is 13.5. The van der Waals surface area contributed by atoms with Crippen molar-refractivity contribution in [2.24, 2.45) is 4.99 Å². The monoisotopic (exact) mass is 405 g/mol. The van der Waals surface area contributed by atoms with Gasteiger partial charge in [0, 0.05) is 19.6 Å². The van der Waals surface area contributed by atoms with Crippen LogP contribution in [0.15, 0.2) is 29.3 Å². The zero-order valence-electron chi connectivity index (χ0n) is 12.6. The minimum atomic E-state index is -0.135. The number of nitrogens with one attached hydrogen (secondary N) is 2. The fourth-order valence-corrected chi connectivity index (χ4v) is 2.65. The molecule has 118 valence electrons. The largest absolute Gasteiger partial charge is 0.356 e. The number of hydrogen-bond acceptors (Lipinski definition) is 1. The summed E-state index contributed by atoms with van der Waals surface area (Å²) in [5.41, 5.74) is 0.744. The molecule has 1 aliphatic rings. The van der Waals surface area contributed by atoms with Crippen molar-refractivity contribution in [1.82, 2.24) is 10.6 Å². The molecule has 0 heterocycles. The predicted molar refractivity (Wildman–Crippen MR) is 96.9 cm³/mol. The van der Waals surface area contributed by atoms with Gasteiger partial charge < -0.3 is 10.6 Å². The summed E-state index contributed by atoms with van der Waals surface area (Å²) in [7, 11) is 1.78. The average Bonchev–Trinajstić information content (AvgIpc) is 2.49. The van der Waals surface area contributed by atoms with Gasteiger partial charge in [-0.1, -0.05) is 37.5 Å². The van der Waals surface area contributed by atoms with E-state index in [1.54, 1.807) is 13.1 Å². The summed E-state index contributed by atoms with van der Waals surface area (Å²) in [5, 5.41) is 6.72. The molecule has 0 atom stereocenters. The highest BCUT2D eigenvalue weighted by Crippen LogP contribution is 2.17. The quantitative estimate of drug-likeness (QED) is 0.457. The molecule has 1 aromatic carbocycles. The molecule has 2 rings (SSSR count). The van der Waals surface area contributed by atoms with Crippen molar-refractivity contribution in [3.05, 3.63) is 35.6 Å². The van der Waals surface area contributed by atoms with Crippen LogP contribution in [0.5, 0.6) is 0 Å². The smallest absolute Gasteiger partial charge is 0.191 e. The molecule has 0 saturated heterocycles. The number of rotatable bonds is 4. The van der Waals surface area contributed by atoms with E-state index in [1.807, 2.05) is 12.1 Å². The van der Waals surface area contributed by atoms with E-state index in [0.29, 0.717) is 19.0 Å². The van der Waals surface area contributed by atoms with E-state index < -0.39 is 0 Å². The lowest BCUT2D eigenvalue weighted by Crippen LogP contribution is -2.44. The van der Waals surface area contributed by atoms with E-state index in [-0.39, 0.29) is 29.8 Å². The molecule has 0 aromatic heterocycles. The lowest BCUT2D eigenvalue weighted by atomic mass is 9.96. The Morgan fingerprint density at radius 1 is 1.24 bits per heavy atom. The maximum absolute atomic E-state index is 13.5. The first-order chi connectivity index (χ1) is 9.79. The third kappa shape index (κ3) is 6.20. The number of halogens is 2. The highest BCUT2D eigenvalue weighted by atomic mass is 127. The van der Waals surface area contributed by atoms with Gasteiger partial charge in [0.1, 0.15) is 5.82 Å². The zero-order chi connectivity index (χ0) is 14.2. The van der Waals surface area contributed by atoms with Crippen LogP contribution in [0, 0.1) is 5.82 Å². The standard InChI is InChI=1S/C16H24FN3.HI/c1-18-16(20-14-8-3-2-4-9-14)19-12-11-13-7-5-6-10-15(13)17;/h5-7,10,14H,2-4,8-9,11-12H2,1H3,(H2,18,19,20);1H. The molecule has 1 saturated carbocycles. The third-order valence-electron chi connectivity index (χ3n) is 3.81. The van der Waals surface area contributed by atoms with Crippen LogP contribution in [0.2, 0.25) is 0 Å². The van der Waals surface area contributed by atoms with E-state index >= 15 is 0 Å². The lowest BCUT2D eigenvalue weighted by Gasteiger charge is -2.24. The normalized spacial score (nSPS) is 16.2. The van der Waals surface area contributed by atoms with Crippen LogP contribution in [0.1, 0.15) is 37.7 Å². The van der Waals surface area contributed by atoms with E-state index in [2.05, 4.69) is 15.6 Å². The Morgan fingerprint density at radius 3 is 2.62 bits per heavy atom. The van der Waals surface area contributed by atoms with Crippen LogP contribution in [0.3, 0.4) is 0 Å². The second-order valence-corrected chi connectivity index (χ2v) is 5.32. The first-order valence-corrected chi connectivity index (χ1v) is 7.50. The molecule has 0 bridgehead atoms.